The topological polar surface area (TPSA) is 12.0 Å². The maximum Gasteiger partial charge on any atom is 0.0307 e. The zero-order valence-corrected chi connectivity index (χ0v) is 10.5. The zero-order chi connectivity index (χ0) is 11.4. The quantitative estimate of drug-likeness (QED) is 0.741. The monoisotopic (exact) mass is 205 g/mol. The average molecular weight is 205 g/mol. The normalized spacial score (nSPS) is 21.4. The molecule has 1 atom stereocenters. The van der Waals surface area contributed by atoms with E-state index in [-0.39, 0.29) is 0 Å². The van der Waals surface area contributed by atoms with E-state index in [1.807, 2.05) is 0 Å². The highest BCUT2D eigenvalue weighted by atomic mass is 14.9. The van der Waals surface area contributed by atoms with E-state index in [0.29, 0.717) is 17.9 Å². The van der Waals surface area contributed by atoms with Crippen LogP contribution < -0.4 is 5.32 Å². The third-order valence-corrected chi connectivity index (χ3v) is 2.48. The highest BCUT2D eigenvalue weighted by Crippen LogP contribution is 2.19. The van der Waals surface area contributed by atoms with Gasteiger partial charge in [0, 0.05) is 11.7 Å². The number of hydrogen-bond acceptors (Lipinski definition) is 1. The molecule has 0 radical (unpaired) electrons. The Hall–Kier alpha value is -0.980. The molecule has 0 saturated carbocycles. The van der Waals surface area contributed by atoms with Crippen LogP contribution in [-0.4, -0.2) is 6.04 Å². The van der Waals surface area contributed by atoms with Gasteiger partial charge in [0.2, 0.25) is 0 Å². The third-order valence-electron chi connectivity index (χ3n) is 2.48. The van der Waals surface area contributed by atoms with Gasteiger partial charge in [0.05, 0.1) is 0 Å². The molecule has 0 aromatic rings. The van der Waals surface area contributed by atoms with E-state index < -0.39 is 0 Å². The molecule has 0 spiro atoms. The van der Waals surface area contributed by atoms with Crippen LogP contribution in [0.1, 0.15) is 34.6 Å². The number of allylic oxidation sites excluding steroid dienone is 5. The minimum absolute atomic E-state index is 0.494. The fourth-order valence-electron chi connectivity index (χ4n) is 1.75. The molecule has 0 aliphatic heterocycles. The standard InChI is InChI=1S/C14H23N/c1-10(2)13-6-7-14(15-11(3)4)9-12(5)8-13/h6-12,15H,1-5H3. The molecule has 1 aliphatic rings. The molecule has 15 heavy (non-hydrogen) atoms. The molecule has 0 aromatic carbocycles. The van der Waals surface area contributed by atoms with Crippen LogP contribution in [-0.2, 0) is 0 Å². The van der Waals surface area contributed by atoms with E-state index in [9.17, 15) is 0 Å². The molecule has 84 valence electrons. The maximum absolute atomic E-state index is 3.45. The second kappa shape index (κ2) is 5.20. The summed E-state index contributed by atoms with van der Waals surface area (Å²) in [6, 6.07) is 0.494. The first kappa shape index (κ1) is 12.1. The summed E-state index contributed by atoms with van der Waals surface area (Å²) in [5.74, 6) is 1.12. The third kappa shape index (κ3) is 3.94. The van der Waals surface area contributed by atoms with Crippen LogP contribution in [0.2, 0.25) is 0 Å². The highest BCUT2D eigenvalue weighted by Gasteiger charge is 2.07. The Bertz CT molecular complexity index is 292. The summed E-state index contributed by atoms with van der Waals surface area (Å²) in [5, 5.41) is 3.45. The summed E-state index contributed by atoms with van der Waals surface area (Å²) >= 11 is 0. The lowest BCUT2D eigenvalue weighted by molar-refractivity contribution is 0.675. The number of rotatable bonds is 3. The van der Waals surface area contributed by atoms with Gasteiger partial charge in [-0.2, -0.15) is 0 Å². The van der Waals surface area contributed by atoms with Crippen molar-refractivity contribution >= 4 is 0 Å². The SMILES string of the molecule is CC1C=C(NC(C)C)C=CC(C(C)C)=C1. The summed E-state index contributed by atoms with van der Waals surface area (Å²) in [6.07, 6.45) is 9.05. The Balaban J connectivity index is 2.79. The maximum atomic E-state index is 3.45. The minimum atomic E-state index is 0.494. The van der Waals surface area contributed by atoms with Gasteiger partial charge in [-0.15, -0.1) is 0 Å². The van der Waals surface area contributed by atoms with Crippen LogP contribution in [0.3, 0.4) is 0 Å². The van der Waals surface area contributed by atoms with Gasteiger partial charge in [-0.05, 0) is 37.3 Å². The molecule has 0 saturated heterocycles. The largest absolute Gasteiger partial charge is 0.383 e. The van der Waals surface area contributed by atoms with Gasteiger partial charge in [0.1, 0.15) is 0 Å². The molecule has 1 aliphatic carbocycles. The number of nitrogens with one attached hydrogen (secondary N) is 1. The first-order valence-corrected chi connectivity index (χ1v) is 5.87. The van der Waals surface area contributed by atoms with Crippen molar-refractivity contribution < 1.29 is 0 Å². The molecule has 0 bridgehead atoms. The van der Waals surface area contributed by atoms with Crippen LogP contribution in [0.25, 0.3) is 0 Å². The van der Waals surface area contributed by atoms with Crippen molar-refractivity contribution in [1.29, 1.82) is 0 Å². The van der Waals surface area contributed by atoms with Crippen LogP contribution >= 0.6 is 0 Å². The molecule has 0 aromatic heterocycles. The molecule has 0 heterocycles. The van der Waals surface area contributed by atoms with E-state index in [4.69, 9.17) is 0 Å². The zero-order valence-electron chi connectivity index (χ0n) is 10.5. The Morgan fingerprint density at radius 3 is 2.27 bits per heavy atom. The average Bonchev–Trinajstić information content (AvgIpc) is 2.26. The summed E-state index contributed by atoms with van der Waals surface area (Å²) in [7, 11) is 0. The van der Waals surface area contributed by atoms with Crippen LogP contribution in [0.15, 0.2) is 35.6 Å². The van der Waals surface area contributed by atoms with Gasteiger partial charge in [0.25, 0.3) is 0 Å². The van der Waals surface area contributed by atoms with E-state index >= 15 is 0 Å². The molecule has 1 N–H and O–H groups in total. The van der Waals surface area contributed by atoms with Crippen LogP contribution in [0.4, 0.5) is 0 Å². The Morgan fingerprint density at radius 2 is 1.73 bits per heavy atom. The Morgan fingerprint density at radius 1 is 1.07 bits per heavy atom. The van der Waals surface area contributed by atoms with Gasteiger partial charge < -0.3 is 5.32 Å². The van der Waals surface area contributed by atoms with Gasteiger partial charge in [-0.3, -0.25) is 0 Å². The van der Waals surface area contributed by atoms with E-state index in [2.05, 4.69) is 64.2 Å². The van der Waals surface area contributed by atoms with Crippen molar-refractivity contribution in [1.82, 2.24) is 5.32 Å². The first-order chi connectivity index (χ1) is 6.99. The molecule has 0 amide bonds. The number of hydrogen-bond donors (Lipinski definition) is 1. The lowest BCUT2D eigenvalue weighted by atomic mass is 9.99. The second-order valence-corrected chi connectivity index (χ2v) is 4.93. The molecular formula is C14H23N. The molecule has 1 rings (SSSR count). The van der Waals surface area contributed by atoms with Crippen molar-refractivity contribution in [3.05, 3.63) is 35.6 Å². The smallest absolute Gasteiger partial charge is 0.0307 e. The van der Waals surface area contributed by atoms with E-state index in [1.54, 1.807) is 0 Å². The Kier molecular flexibility index (Phi) is 4.19. The molecule has 1 nitrogen and oxygen atoms in total. The summed E-state index contributed by atoms with van der Waals surface area (Å²) in [6.45, 7) is 11.0. The second-order valence-electron chi connectivity index (χ2n) is 4.93. The lowest BCUT2D eigenvalue weighted by Gasteiger charge is -2.11. The highest BCUT2D eigenvalue weighted by molar-refractivity contribution is 5.33. The van der Waals surface area contributed by atoms with Crippen molar-refractivity contribution in [2.45, 2.75) is 40.7 Å². The minimum Gasteiger partial charge on any atom is -0.383 e. The van der Waals surface area contributed by atoms with E-state index in [1.165, 1.54) is 11.3 Å². The Labute approximate surface area is 94.0 Å². The fraction of sp³-hybridized carbons (Fsp3) is 0.571. The summed E-state index contributed by atoms with van der Waals surface area (Å²) in [5.41, 5.74) is 2.67. The summed E-state index contributed by atoms with van der Waals surface area (Å²) in [4.78, 5) is 0. The van der Waals surface area contributed by atoms with Gasteiger partial charge in [-0.1, -0.05) is 39.0 Å². The van der Waals surface area contributed by atoms with Crippen LogP contribution in [0, 0.1) is 11.8 Å². The van der Waals surface area contributed by atoms with Crippen LogP contribution in [0.5, 0.6) is 0 Å². The van der Waals surface area contributed by atoms with Gasteiger partial charge in [0.15, 0.2) is 0 Å². The lowest BCUT2D eigenvalue weighted by Crippen LogP contribution is -2.21. The predicted molar refractivity (Wildman–Crippen MR) is 67.6 cm³/mol. The van der Waals surface area contributed by atoms with E-state index in [0.717, 1.165) is 0 Å². The predicted octanol–water partition coefficient (Wildman–Crippen LogP) is 3.66. The first-order valence-electron chi connectivity index (χ1n) is 5.87. The molecular weight excluding hydrogens is 182 g/mol. The molecule has 0 fully saturated rings. The molecule has 1 heteroatoms. The van der Waals surface area contributed by atoms with Crippen molar-refractivity contribution in [3.8, 4) is 0 Å². The van der Waals surface area contributed by atoms with Gasteiger partial charge >= 0.3 is 0 Å². The van der Waals surface area contributed by atoms with Crippen molar-refractivity contribution in [3.63, 3.8) is 0 Å². The van der Waals surface area contributed by atoms with Crippen molar-refractivity contribution in [2.75, 3.05) is 0 Å². The fourth-order valence-corrected chi connectivity index (χ4v) is 1.75. The summed E-state index contributed by atoms with van der Waals surface area (Å²) < 4.78 is 0. The van der Waals surface area contributed by atoms with Crippen molar-refractivity contribution in [2.24, 2.45) is 11.8 Å². The van der Waals surface area contributed by atoms with Gasteiger partial charge in [-0.25, -0.2) is 0 Å². The molecule has 1 unspecified atom stereocenters.